The van der Waals surface area contributed by atoms with Crippen LogP contribution in [0.15, 0.2) is 108 Å². The maximum absolute atomic E-state index is 14.1. The van der Waals surface area contributed by atoms with Crippen molar-refractivity contribution in [1.82, 2.24) is 0 Å². The molecule has 6 rings (SSSR count). The molecule has 2 atom stereocenters. The van der Waals surface area contributed by atoms with Crippen molar-refractivity contribution < 1.29 is 33.7 Å². The van der Waals surface area contributed by atoms with Crippen molar-refractivity contribution in [3.63, 3.8) is 0 Å². The summed E-state index contributed by atoms with van der Waals surface area (Å²) in [6, 6.07) is 28.0. The van der Waals surface area contributed by atoms with Gasteiger partial charge >= 0.3 is 14.2 Å². The van der Waals surface area contributed by atoms with Crippen LogP contribution in [0.5, 0.6) is 0 Å². The Hall–Kier alpha value is -4.14. The minimum absolute atomic E-state index is 0.0877. The van der Waals surface area contributed by atoms with Gasteiger partial charge in [-0.15, -0.1) is 0 Å². The van der Waals surface area contributed by atoms with Crippen molar-refractivity contribution in [2.24, 2.45) is 0 Å². The van der Waals surface area contributed by atoms with Crippen molar-refractivity contribution in [2.75, 3.05) is 0 Å². The third kappa shape index (κ3) is 4.87. The lowest BCUT2D eigenvalue weighted by atomic mass is 9.67. The molecule has 0 heterocycles. The van der Waals surface area contributed by atoms with E-state index in [2.05, 4.69) is 0 Å². The normalized spacial score (nSPS) is 20.0. The number of fused-ring (bicyclic) bond motifs is 2. The topological polar surface area (TPSA) is 110 Å². The van der Waals surface area contributed by atoms with E-state index >= 15 is 0 Å². The molecule has 2 N–H and O–H groups in total. The average molecular weight is 544 g/mol. The molecule has 0 aliphatic heterocycles. The molecule has 0 unspecified atom stereocenters. The molecule has 4 aromatic rings. The summed E-state index contributed by atoms with van der Waals surface area (Å²) in [6.45, 7) is 1.32. The summed E-state index contributed by atoms with van der Waals surface area (Å²) in [7, 11) is -2.93. The Labute approximate surface area is 237 Å². The molecule has 41 heavy (non-hydrogen) atoms. The molecule has 0 amide bonds. The third-order valence-corrected chi connectivity index (χ3v) is 7.96. The number of ketones is 3. The fourth-order valence-corrected chi connectivity index (χ4v) is 5.77. The first-order valence-corrected chi connectivity index (χ1v) is 13.4. The van der Waals surface area contributed by atoms with E-state index in [4.69, 9.17) is 9.31 Å². The van der Waals surface area contributed by atoms with Crippen molar-refractivity contribution >= 4 is 53.3 Å². The van der Waals surface area contributed by atoms with E-state index in [0.717, 1.165) is 10.8 Å². The molecule has 202 valence electrons. The Morgan fingerprint density at radius 1 is 0.780 bits per heavy atom. The highest BCUT2D eigenvalue weighted by Gasteiger charge is 2.52. The van der Waals surface area contributed by atoms with E-state index in [1.807, 2.05) is 24.3 Å². The van der Waals surface area contributed by atoms with Crippen LogP contribution < -0.4 is 10.9 Å². The second kappa shape index (κ2) is 10.7. The predicted molar refractivity (Wildman–Crippen MR) is 156 cm³/mol. The van der Waals surface area contributed by atoms with Crippen LogP contribution in [0.3, 0.4) is 0 Å². The van der Waals surface area contributed by atoms with Gasteiger partial charge in [-0.1, -0.05) is 84.9 Å². The predicted octanol–water partition coefficient (Wildman–Crippen LogP) is 2.81. The van der Waals surface area contributed by atoms with E-state index in [1.165, 1.54) is 6.92 Å². The Balaban J connectivity index is 1.47. The van der Waals surface area contributed by atoms with Gasteiger partial charge in [0.2, 0.25) is 0 Å². The second-order valence-electron chi connectivity index (χ2n) is 10.5. The molecule has 0 fully saturated rings. The van der Waals surface area contributed by atoms with Gasteiger partial charge in [0.1, 0.15) is 5.60 Å². The van der Waals surface area contributed by atoms with Crippen molar-refractivity contribution in [2.45, 2.75) is 31.5 Å². The van der Waals surface area contributed by atoms with Crippen LogP contribution >= 0.6 is 0 Å². The largest absolute Gasteiger partial charge is 0.491 e. The lowest BCUT2D eigenvalue weighted by Gasteiger charge is -2.43. The monoisotopic (exact) mass is 544 g/mol. The molecule has 0 radical (unpaired) electrons. The summed E-state index contributed by atoms with van der Waals surface area (Å²) in [5.41, 5.74) is -0.155. The fourth-order valence-electron chi connectivity index (χ4n) is 5.77. The van der Waals surface area contributed by atoms with Crippen LogP contribution in [-0.4, -0.2) is 53.3 Å². The molecule has 0 spiro atoms. The zero-order valence-electron chi connectivity index (χ0n) is 22.3. The van der Waals surface area contributed by atoms with Crippen LogP contribution in [0.1, 0.15) is 40.5 Å². The summed E-state index contributed by atoms with van der Waals surface area (Å²) in [6.07, 6.45) is -1.58. The Kier molecular flexibility index (Phi) is 7.05. The number of carbonyl (C=O) groups is 3. The maximum atomic E-state index is 14.1. The minimum atomic E-state index is -1.69. The van der Waals surface area contributed by atoms with Gasteiger partial charge in [0.15, 0.2) is 17.3 Å². The lowest BCUT2D eigenvalue weighted by molar-refractivity contribution is -0.136. The molecule has 0 saturated heterocycles. The van der Waals surface area contributed by atoms with E-state index in [0.29, 0.717) is 10.9 Å². The van der Waals surface area contributed by atoms with Crippen molar-refractivity contribution in [1.29, 1.82) is 0 Å². The first kappa shape index (κ1) is 27.1. The summed E-state index contributed by atoms with van der Waals surface area (Å²) >= 11 is 0. The smallest absolute Gasteiger partial charge is 0.423 e. The number of Topliss-reactive ketones (excluding diaryl/α,β-unsaturated/α-hetero) is 3. The van der Waals surface area contributed by atoms with Crippen LogP contribution in [-0.2, 0) is 14.1 Å². The Morgan fingerprint density at radius 2 is 1.29 bits per heavy atom. The summed E-state index contributed by atoms with van der Waals surface area (Å²) in [5, 5.41) is 23.6. The highest BCUT2D eigenvalue weighted by molar-refractivity contribution is 6.60. The molecule has 9 heteroatoms. The van der Waals surface area contributed by atoms with Gasteiger partial charge in [-0.3, -0.25) is 14.4 Å². The van der Waals surface area contributed by atoms with Gasteiger partial charge in [0, 0.05) is 35.1 Å². The molecule has 0 bridgehead atoms. The second-order valence-corrected chi connectivity index (χ2v) is 10.5. The molecule has 7 nitrogen and oxygen atoms in total. The standard InChI is InChI=1S/C32H26B2O7/c1-20(35)32(41-34(39)24-14-6-3-7-15-24)18-27-29(28(19-32)40-33(38)23-12-4-2-5-13-23)31(37)26-17-22-11-9-8-10-21(22)16-25(26)30(27)36/h2-17,28,38-39H,18-19H2,1H3/t28-,32-/m1/s1. The van der Waals surface area contributed by atoms with Gasteiger partial charge < -0.3 is 19.4 Å². The highest BCUT2D eigenvalue weighted by atomic mass is 16.6. The third-order valence-electron chi connectivity index (χ3n) is 7.96. The van der Waals surface area contributed by atoms with Crippen LogP contribution in [0.25, 0.3) is 10.8 Å². The van der Waals surface area contributed by atoms with E-state index in [1.54, 1.807) is 72.8 Å². The van der Waals surface area contributed by atoms with Gasteiger partial charge in [-0.2, -0.15) is 0 Å². The molecule has 0 aromatic heterocycles. The lowest BCUT2D eigenvalue weighted by Crippen LogP contribution is -2.56. The number of hydrogen-bond donors (Lipinski definition) is 2. The summed E-state index contributed by atoms with van der Waals surface area (Å²) in [5.74, 6) is -1.25. The fraction of sp³-hybridized carbons (Fsp3) is 0.156. The molecular weight excluding hydrogens is 518 g/mol. The minimum Gasteiger partial charge on any atom is -0.423 e. The summed E-state index contributed by atoms with van der Waals surface area (Å²) in [4.78, 5) is 41.4. The zero-order valence-corrected chi connectivity index (χ0v) is 22.3. The molecule has 2 aliphatic carbocycles. The first-order valence-electron chi connectivity index (χ1n) is 13.4. The van der Waals surface area contributed by atoms with E-state index in [-0.39, 0.29) is 35.1 Å². The van der Waals surface area contributed by atoms with Crippen molar-refractivity contribution in [3.05, 3.63) is 119 Å². The molecule has 4 aromatic carbocycles. The zero-order chi connectivity index (χ0) is 28.7. The van der Waals surface area contributed by atoms with Crippen LogP contribution in [0.4, 0.5) is 0 Å². The summed E-state index contributed by atoms with van der Waals surface area (Å²) < 4.78 is 12.2. The SMILES string of the molecule is CC(=O)[C@@]1(OB(O)c2ccccc2)CC2=C(C(=O)c3cc4ccccc4cc3C2=O)[C@H](OB(O)c2ccccc2)C1. The number of benzene rings is 4. The molecular formula is C32H26B2O7. The van der Waals surface area contributed by atoms with Gasteiger partial charge in [-0.05, 0) is 40.8 Å². The first-order chi connectivity index (χ1) is 19.8. The quantitative estimate of drug-likeness (QED) is 0.345. The van der Waals surface area contributed by atoms with E-state index in [9.17, 15) is 24.4 Å². The number of hydrogen-bond acceptors (Lipinski definition) is 7. The van der Waals surface area contributed by atoms with Gasteiger partial charge in [0.05, 0.1) is 6.10 Å². The molecule has 0 saturated carbocycles. The van der Waals surface area contributed by atoms with Gasteiger partial charge in [0.25, 0.3) is 0 Å². The van der Waals surface area contributed by atoms with Crippen molar-refractivity contribution in [3.8, 4) is 0 Å². The van der Waals surface area contributed by atoms with Gasteiger partial charge in [-0.25, -0.2) is 0 Å². The van der Waals surface area contributed by atoms with Crippen LogP contribution in [0.2, 0.25) is 0 Å². The Morgan fingerprint density at radius 3 is 1.85 bits per heavy atom. The van der Waals surface area contributed by atoms with E-state index < -0.39 is 43.3 Å². The Bertz CT molecular complexity index is 1700. The van der Waals surface area contributed by atoms with Crippen LogP contribution in [0, 0.1) is 0 Å². The highest BCUT2D eigenvalue weighted by Crippen LogP contribution is 2.44. The average Bonchev–Trinajstić information content (AvgIpc) is 2.99. The number of carbonyl (C=O) groups excluding carboxylic acids is 3. The number of rotatable bonds is 7. The maximum Gasteiger partial charge on any atom is 0.491 e. The molecule has 2 aliphatic rings.